The van der Waals surface area contributed by atoms with Crippen molar-refractivity contribution in [1.82, 2.24) is 5.32 Å². The lowest BCUT2D eigenvalue weighted by molar-refractivity contribution is 0.414. The van der Waals surface area contributed by atoms with Gasteiger partial charge in [0.1, 0.15) is 11.5 Å². The van der Waals surface area contributed by atoms with Gasteiger partial charge in [0.25, 0.3) is 0 Å². The monoisotopic (exact) mass is 308 g/mol. The van der Waals surface area contributed by atoms with Crippen LogP contribution in [0.2, 0.25) is 0 Å². The number of benzene rings is 2. The molecule has 1 aliphatic heterocycles. The largest absolute Gasteiger partial charge is 0.497 e. The van der Waals surface area contributed by atoms with E-state index in [0.29, 0.717) is 0 Å². The third kappa shape index (κ3) is 3.57. The zero-order chi connectivity index (χ0) is 16.1. The summed E-state index contributed by atoms with van der Waals surface area (Å²) in [4.78, 5) is 0. The molecular formula is C20H22NO2. The Hall–Kier alpha value is -2.26. The minimum absolute atomic E-state index is 0.881. The van der Waals surface area contributed by atoms with Gasteiger partial charge in [-0.3, -0.25) is 0 Å². The van der Waals surface area contributed by atoms with Crippen LogP contribution >= 0.6 is 0 Å². The fraction of sp³-hybridized carbons (Fsp3) is 0.300. The number of nitrogens with zero attached hydrogens (tertiary/aromatic N) is 1. The predicted molar refractivity (Wildman–Crippen MR) is 93.1 cm³/mol. The number of ether oxygens (including phenoxy) is 2. The van der Waals surface area contributed by atoms with Crippen LogP contribution in [0.5, 0.6) is 11.5 Å². The van der Waals surface area contributed by atoms with Crippen LogP contribution in [-0.2, 0) is 0 Å². The van der Waals surface area contributed by atoms with Gasteiger partial charge in [0.15, 0.2) is 0 Å². The molecule has 0 aromatic heterocycles. The standard InChI is InChI=1S/C20H22NO2/c1-22-18-7-3-15(4-8-18)20(17-11-13-21-14-12-17)16-5-9-19(23-2)10-6-16/h3-10H,11-14H2,1-2H3. The number of piperidine rings is 1. The molecule has 119 valence electrons. The molecule has 0 spiro atoms. The van der Waals surface area contributed by atoms with Crippen molar-refractivity contribution < 1.29 is 9.47 Å². The number of methoxy groups -OCH3 is 2. The fourth-order valence-electron chi connectivity index (χ4n) is 3.01. The number of rotatable bonds is 4. The molecule has 3 heteroatoms. The molecule has 1 aliphatic rings. The van der Waals surface area contributed by atoms with Gasteiger partial charge in [-0.1, -0.05) is 29.8 Å². The Morgan fingerprint density at radius 3 is 1.57 bits per heavy atom. The first-order valence-corrected chi connectivity index (χ1v) is 7.96. The summed E-state index contributed by atoms with van der Waals surface area (Å²) in [7, 11) is 3.39. The first-order valence-electron chi connectivity index (χ1n) is 7.96. The number of hydrogen-bond donors (Lipinski definition) is 0. The molecular weight excluding hydrogens is 286 g/mol. The normalized spacial score (nSPS) is 14.4. The van der Waals surface area contributed by atoms with Gasteiger partial charge in [-0.15, -0.1) is 0 Å². The molecule has 3 nitrogen and oxygen atoms in total. The summed E-state index contributed by atoms with van der Waals surface area (Å²) in [6, 6.07) is 16.6. The van der Waals surface area contributed by atoms with Crippen LogP contribution in [0.25, 0.3) is 5.57 Å². The maximum Gasteiger partial charge on any atom is 0.118 e. The average Bonchev–Trinajstić information content (AvgIpc) is 2.64. The van der Waals surface area contributed by atoms with E-state index in [1.807, 2.05) is 24.3 Å². The van der Waals surface area contributed by atoms with Gasteiger partial charge in [0.2, 0.25) is 0 Å². The molecule has 1 heterocycles. The Bertz CT molecular complexity index is 614. The van der Waals surface area contributed by atoms with Crippen LogP contribution < -0.4 is 14.8 Å². The van der Waals surface area contributed by atoms with Gasteiger partial charge >= 0.3 is 0 Å². The van der Waals surface area contributed by atoms with Crippen LogP contribution in [0, 0.1) is 0 Å². The van der Waals surface area contributed by atoms with Crippen LogP contribution in [0.1, 0.15) is 24.0 Å². The second-order valence-corrected chi connectivity index (χ2v) is 5.61. The molecule has 0 N–H and O–H groups in total. The molecule has 3 rings (SSSR count). The first kappa shape index (κ1) is 15.6. The highest BCUT2D eigenvalue weighted by Crippen LogP contribution is 2.33. The van der Waals surface area contributed by atoms with E-state index in [9.17, 15) is 0 Å². The van der Waals surface area contributed by atoms with Crippen molar-refractivity contribution >= 4 is 5.57 Å². The molecule has 1 fully saturated rings. The molecule has 0 atom stereocenters. The minimum atomic E-state index is 0.881. The van der Waals surface area contributed by atoms with Crippen molar-refractivity contribution in [3.63, 3.8) is 0 Å². The van der Waals surface area contributed by atoms with Crippen LogP contribution in [-0.4, -0.2) is 27.3 Å². The van der Waals surface area contributed by atoms with E-state index in [1.165, 1.54) is 22.3 Å². The lowest BCUT2D eigenvalue weighted by atomic mass is 9.89. The Morgan fingerprint density at radius 2 is 1.17 bits per heavy atom. The van der Waals surface area contributed by atoms with Gasteiger partial charge in [0, 0.05) is 13.1 Å². The van der Waals surface area contributed by atoms with E-state index in [2.05, 4.69) is 29.6 Å². The molecule has 0 bridgehead atoms. The highest BCUT2D eigenvalue weighted by molar-refractivity contribution is 5.82. The van der Waals surface area contributed by atoms with Gasteiger partial charge in [-0.05, 0) is 53.8 Å². The van der Waals surface area contributed by atoms with Gasteiger partial charge in [-0.25, -0.2) is 5.32 Å². The summed E-state index contributed by atoms with van der Waals surface area (Å²) in [5, 5.41) is 4.48. The number of hydrogen-bond acceptors (Lipinski definition) is 2. The SMILES string of the molecule is COc1ccc(C(=C2CC[N]CC2)c2ccc(OC)cc2)cc1. The van der Waals surface area contributed by atoms with Crippen LogP contribution in [0.4, 0.5) is 0 Å². The summed E-state index contributed by atoms with van der Waals surface area (Å²) in [5.41, 5.74) is 5.27. The molecule has 2 aromatic carbocycles. The smallest absolute Gasteiger partial charge is 0.118 e. The van der Waals surface area contributed by atoms with Crippen molar-refractivity contribution in [1.29, 1.82) is 0 Å². The van der Waals surface area contributed by atoms with Crippen molar-refractivity contribution in [3.05, 3.63) is 65.2 Å². The van der Waals surface area contributed by atoms with Gasteiger partial charge in [0.05, 0.1) is 14.2 Å². The van der Waals surface area contributed by atoms with Crippen molar-refractivity contribution in [2.24, 2.45) is 0 Å². The fourth-order valence-corrected chi connectivity index (χ4v) is 3.01. The quantitative estimate of drug-likeness (QED) is 0.858. The minimum Gasteiger partial charge on any atom is -0.497 e. The van der Waals surface area contributed by atoms with E-state index in [0.717, 1.165) is 37.4 Å². The van der Waals surface area contributed by atoms with Crippen molar-refractivity contribution in [2.45, 2.75) is 12.8 Å². The highest BCUT2D eigenvalue weighted by atomic mass is 16.5. The zero-order valence-corrected chi connectivity index (χ0v) is 13.7. The Labute approximate surface area is 137 Å². The topological polar surface area (TPSA) is 32.6 Å². The maximum atomic E-state index is 5.28. The highest BCUT2D eigenvalue weighted by Gasteiger charge is 2.15. The molecule has 1 radical (unpaired) electrons. The zero-order valence-electron chi connectivity index (χ0n) is 13.7. The Kier molecular flexibility index (Phi) is 4.99. The third-order valence-corrected chi connectivity index (χ3v) is 4.25. The van der Waals surface area contributed by atoms with Crippen LogP contribution in [0.3, 0.4) is 0 Å². The van der Waals surface area contributed by atoms with Gasteiger partial charge in [-0.2, -0.15) is 0 Å². The second kappa shape index (κ2) is 7.34. The molecule has 2 aromatic rings. The summed E-state index contributed by atoms with van der Waals surface area (Å²) >= 11 is 0. The van der Waals surface area contributed by atoms with E-state index < -0.39 is 0 Å². The predicted octanol–water partition coefficient (Wildman–Crippen LogP) is 3.90. The molecule has 23 heavy (non-hydrogen) atoms. The molecule has 0 unspecified atom stereocenters. The summed E-state index contributed by atoms with van der Waals surface area (Å²) < 4.78 is 10.6. The van der Waals surface area contributed by atoms with E-state index >= 15 is 0 Å². The van der Waals surface area contributed by atoms with E-state index in [-0.39, 0.29) is 0 Å². The molecule has 1 saturated heterocycles. The second-order valence-electron chi connectivity index (χ2n) is 5.61. The molecule has 0 aliphatic carbocycles. The van der Waals surface area contributed by atoms with Crippen molar-refractivity contribution in [3.8, 4) is 11.5 Å². The summed E-state index contributed by atoms with van der Waals surface area (Å²) in [5.74, 6) is 1.76. The molecule has 0 amide bonds. The summed E-state index contributed by atoms with van der Waals surface area (Å²) in [6.07, 6.45) is 2.07. The van der Waals surface area contributed by atoms with Gasteiger partial charge < -0.3 is 9.47 Å². The first-order chi connectivity index (χ1) is 11.3. The van der Waals surface area contributed by atoms with Crippen molar-refractivity contribution in [2.75, 3.05) is 27.3 Å². The maximum absolute atomic E-state index is 5.28. The Morgan fingerprint density at radius 1 is 0.739 bits per heavy atom. The lowest BCUT2D eigenvalue weighted by Gasteiger charge is -2.20. The lowest BCUT2D eigenvalue weighted by Crippen LogP contribution is -2.17. The molecule has 0 saturated carbocycles. The van der Waals surface area contributed by atoms with E-state index in [4.69, 9.17) is 9.47 Å². The third-order valence-electron chi connectivity index (χ3n) is 4.25. The van der Waals surface area contributed by atoms with E-state index in [1.54, 1.807) is 14.2 Å². The Balaban J connectivity index is 2.05. The summed E-state index contributed by atoms with van der Waals surface area (Å²) in [6.45, 7) is 1.84. The average molecular weight is 308 g/mol. The van der Waals surface area contributed by atoms with Crippen LogP contribution in [0.15, 0.2) is 54.1 Å².